The van der Waals surface area contributed by atoms with E-state index in [1.54, 1.807) is 29.8 Å². The molecule has 1 aliphatic rings. The van der Waals surface area contributed by atoms with E-state index in [0.717, 1.165) is 45.9 Å². The lowest BCUT2D eigenvalue weighted by molar-refractivity contribution is 0.0124. The Balaban J connectivity index is 1.36. The number of pyridine rings is 1. The van der Waals surface area contributed by atoms with Crippen LogP contribution in [0.3, 0.4) is 0 Å². The molecule has 5 aromatic rings. The normalized spacial score (nSPS) is 15.8. The summed E-state index contributed by atoms with van der Waals surface area (Å²) in [6, 6.07) is 2.21. The molecule has 0 aromatic carbocycles. The lowest BCUT2D eigenvalue weighted by atomic mass is 10.1. The average Bonchev–Trinajstić information content (AvgIpc) is 3.57. The van der Waals surface area contributed by atoms with E-state index in [9.17, 15) is 5.21 Å². The van der Waals surface area contributed by atoms with Crippen LogP contribution in [0, 0.1) is 5.21 Å². The fraction of sp³-hybridized carbons (Fsp3) is 0.273. The number of piperidine rings is 1. The van der Waals surface area contributed by atoms with Crippen molar-refractivity contribution in [3.63, 3.8) is 0 Å². The molecule has 1 aliphatic heterocycles. The number of anilines is 1. The molecule has 0 spiro atoms. The van der Waals surface area contributed by atoms with E-state index in [4.69, 9.17) is 10.2 Å². The van der Waals surface area contributed by atoms with E-state index in [1.807, 2.05) is 33.7 Å². The fourth-order valence-electron chi connectivity index (χ4n) is 4.50. The van der Waals surface area contributed by atoms with Crippen molar-refractivity contribution < 1.29 is 4.42 Å². The molecule has 0 atom stereocenters. The molecule has 168 valence electrons. The lowest BCUT2D eigenvalue weighted by Gasteiger charge is -2.41. The summed E-state index contributed by atoms with van der Waals surface area (Å²) in [6.07, 6.45) is 14.3. The lowest BCUT2D eigenvalue weighted by Crippen LogP contribution is -2.42. The standard InChI is InChI=1S/C22H22N9O2/c1-28(32)29-5-2-15(3-6-29)31-13-14(9-27-31)17-10-26-22(23)21-16(17)8-19(33-21)18-11-25-20-12-24-4-7-30(18)20/h4,7-13,15H,2-3,5-6H2,1H3,(H2,23,26)/q-1. The van der Waals surface area contributed by atoms with Gasteiger partial charge in [0.15, 0.2) is 22.8 Å². The molecule has 0 bridgehead atoms. The van der Waals surface area contributed by atoms with Crippen LogP contribution in [-0.4, -0.2) is 59.5 Å². The molecular weight excluding hydrogens is 422 g/mol. The minimum atomic E-state index is 0.249. The first-order valence-electron chi connectivity index (χ1n) is 10.7. The van der Waals surface area contributed by atoms with Crippen LogP contribution in [0.2, 0.25) is 0 Å². The Kier molecular flexibility index (Phi) is 4.61. The van der Waals surface area contributed by atoms with Crippen LogP contribution in [0.5, 0.6) is 0 Å². The second-order valence-electron chi connectivity index (χ2n) is 8.22. The maximum absolute atomic E-state index is 11.5. The van der Waals surface area contributed by atoms with Crippen molar-refractivity contribution >= 4 is 22.4 Å². The number of nitrogen functional groups attached to an aromatic ring is 1. The zero-order valence-corrected chi connectivity index (χ0v) is 18.0. The van der Waals surface area contributed by atoms with Gasteiger partial charge in [-0.25, -0.2) is 9.97 Å². The smallest absolute Gasteiger partial charge is 0.177 e. The highest BCUT2D eigenvalue weighted by atomic mass is 16.5. The van der Waals surface area contributed by atoms with Crippen LogP contribution >= 0.6 is 0 Å². The zero-order chi connectivity index (χ0) is 22.5. The molecule has 33 heavy (non-hydrogen) atoms. The molecule has 2 N–H and O–H groups in total. The van der Waals surface area contributed by atoms with Gasteiger partial charge in [0.05, 0.1) is 24.6 Å². The fourth-order valence-corrected chi connectivity index (χ4v) is 4.50. The Morgan fingerprint density at radius 1 is 1.15 bits per heavy atom. The quantitative estimate of drug-likeness (QED) is 0.416. The predicted molar refractivity (Wildman–Crippen MR) is 123 cm³/mol. The summed E-state index contributed by atoms with van der Waals surface area (Å²) in [7, 11) is 1.54. The van der Waals surface area contributed by atoms with Gasteiger partial charge in [-0.15, -0.1) is 0 Å². The van der Waals surface area contributed by atoms with Gasteiger partial charge in [-0.3, -0.25) is 19.1 Å². The van der Waals surface area contributed by atoms with E-state index < -0.39 is 0 Å². The van der Waals surface area contributed by atoms with Gasteiger partial charge in [0.1, 0.15) is 5.69 Å². The summed E-state index contributed by atoms with van der Waals surface area (Å²) >= 11 is 0. The number of hydroxylamine groups is 1. The van der Waals surface area contributed by atoms with Crippen molar-refractivity contribution in [3.05, 3.63) is 54.7 Å². The highest BCUT2D eigenvalue weighted by molar-refractivity contribution is 6.00. The molecule has 1 saturated heterocycles. The van der Waals surface area contributed by atoms with Crippen LogP contribution in [0.4, 0.5) is 5.82 Å². The third-order valence-electron chi connectivity index (χ3n) is 6.28. The first-order chi connectivity index (χ1) is 16.1. The molecule has 0 radical (unpaired) electrons. The molecule has 0 aliphatic carbocycles. The van der Waals surface area contributed by atoms with Crippen LogP contribution < -0.4 is 5.73 Å². The van der Waals surface area contributed by atoms with E-state index in [0.29, 0.717) is 30.3 Å². The predicted octanol–water partition coefficient (Wildman–Crippen LogP) is 2.96. The summed E-state index contributed by atoms with van der Waals surface area (Å²) in [4.78, 5) is 12.9. The summed E-state index contributed by atoms with van der Waals surface area (Å²) in [5.74, 6) is 0.975. The van der Waals surface area contributed by atoms with Crippen molar-refractivity contribution in [2.75, 3.05) is 25.9 Å². The number of nitrogens with two attached hydrogens (primary N) is 1. The highest BCUT2D eigenvalue weighted by Gasteiger charge is 2.22. The number of hydrazine groups is 1. The van der Waals surface area contributed by atoms with Crippen molar-refractivity contribution in [1.82, 2.24) is 39.3 Å². The Morgan fingerprint density at radius 2 is 2.00 bits per heavy atom. The minimum absolute atomic E-state index is 0.249. The van der Waals surface area contributed by atoms with E-state index in [-0.39, 0.29) is 6.04 Å². The first-order valence-corrected chi connectivity index (χ1v) is 10.7. The van der Waals surface area contributed by atoms with E-state index in [2.05, 4.69) is 20.1 Å². The van der Waals surface area contributed by atoms with Gasteiger partial charge in [0.2, 0.25) is 0 Å². The van der Waals surface area contributed by atoms with E-state index in [1.165, 1.54) is 7.05 Å². The number of nitrogens with zero attached hydrogens (tertiary/aromatic N) is 8. The van der Waals surface area contributed by atoms with Gasteiger partial charge < -0.3 is 20.5 Å². The third-order valence-corrected chi connectivity index (χ3v) is 6.28. The third kappa shape index (κ3) is 3.33. The number of rotatable bonds is 4. The Bertz CT molecular complexity index is 1440. The number of imidazole rings is 1. The van der Waals surface area contributed by atoms with Gasteiger partial charge in [-0.1, -0.05) is 0 Å². The molecule has 0 amide bonds. The Labute approximate surface area is 188 Å². The summed E-state index contributed by atoms with van der Waals surface area (Å²) in [6.45, 7) is 1.43. The zero-order valence-electron chi connectivity index (χ0n) is 18.0. The molecular formula is C22H22N9O2-. The second kappa shape index (κ2) is 7.66. The molecule has 0 unspecified atom stereocenters. The second-order valence-corrected chi connectivity index (χ2v) is 8.22. The largest absolute Gasteiger partial charge is 0.772 e. The minimum Gasteiger partial charge on any atom is -0.772 e. The molecule has 11 heteroatoms. The first kappa shape index (κ1) is 19.9. The molecule has 11 nitrogen and oxygen atoms in total. The Morgan fingerprint density at radius 3 is 2.82 bits per heavy atom. The number of furan rings is 1. The van der Waals surface area contributed by atoms with Crippen molar-refractivity contribution in [1.29, 1.82) is 0 Å². The number of hydrogen-bond donors (Lipinski definition) is 1. The Hall–Kier alpha value is -3.80. The van der Waals surface area contributed by atoms with Gasteiger partial charge in [0.25, 0.3) is 0 Å². The number of hydrogen-bond acceptors (Lipinski definition) is 9. The molecule has 6 heterocycles. The van der Waals surface area contributed by atoms with Gasteiger partial charge in [-0.05, 0) is 26.0 Å². The van der Waals surface area contributed by atoms with Crippen LogP contribution in [0.15, 0.2) is 53.9 Å². The topological polar surface area (TPSA) is 130 Å². The van der Waals surface area contributed by atoms with Gasteiger partial charge in [-0.2, -0.15) is 5.10 Å². The number of aromatic nitrogens is 6. The maximum atomic E-state index is 11.5. The van der Waals surface area contributed by atoms with Crippen LogP contribution in [0.1, 0.15) is 18.9 Å². The highest BCUT2D eigenvalue weighted by Crippen LogP contribution is 2.37. The summed E-state index contributed by atoms with van der Waals surface area (Å²) in [5.41, 5.74) is 10.1. The van der Waals surface area contributed by atoms with E-state index >= 15 is 0 Å². The van der Waals surface area contributed by atoms with Crippen molar-refractivity contribution in [2.24, 2.45) is 0 Å². The van der Waals surface area contributed by atoms with Crippen LogP contribution in [-0.2, 0) is 0 Å². The van der Waals surface area contributed by atoms with Gasteiger partial charge >= 0.3 is 0 Å². The monoisotopic (exact) mass is 444 g/mol. The average molecular weight is 444 g/mol. The maximum Gasteiger partial charge on any atom is 0.177 e. The van der Waals surface area contributed by atoms with Crippen molar-refractivity contribution in [2.45, 2.75) is 18.9 Å². The SMILES string of the molecule is CN([O-])N1CCC(n2cc(-c3cnc(N)c4oc(-c5cnc6cnccn56)cc34)cn2)CC1. The molecule has 5 aromatic heterocycles. The van der Waals surface area contributed by atoms with Crippen molar-refractivity contribution in [3.8, 4) is 22.6 Å². The van der Waals surface area contributed by atoms with Crippen LogP contribution in [0.25, 0.3) is 39.2 Å². The molecule has 0 saturated carbocycles. The molecule has 1 fully saturated rings. The summed E-state index contributed by atoms with van der Waals surface area (Å²) in [5, 5.41) is 19.7. The summed E-state index contributed by atoms with van der Waals surface area (Å²) < 4.78 is 10.0. The number of fused-ring (bicyclic) bond motifs is 2. The molecule has 6 rings (SSSR count). The van der Waals surface area contributed by atoms with Gasteiger partial charge in [0, 0.05) is 54.4 Å².